The molecule has 0 spiro atoms. The summed E-state index contributed by atoms with van der Waals surface area (Å²) in [7, 11) is 0. The summed E-state index contributed by atoms with van der Waals surface area (Å²) >= 11 is 9.81. The molecule has 3 nitrogen and oxygen atoms in total. The highest BCUT2D eigenvalue weighted by molar-refractivity contribution is 9.25. The third kappa shape index (κ3) is 3.80. The third-order valence-electron chi connectivity index (χ3n) is 3.26. The van der Waals surface area contributed by atoms with Crippen molar-refractivity contribution in [1.29, 1.82) is 0 Å². The summed E-state index contributed by atoms with van der Waals surface area (Å²) in [6.07, 6.45) is 1.57. The molecule has 19 heavy (non-hydrogen) atoms. The summed E-state index contributed by atoms with van der Waals surface area (Å²) in [6.45, 7) is 1.69. The smallest absolute Gasteiger partial charge is 0.331 e. The molecule has 104 valence electrons. The molecule has 1 fully saturated rings. The van der Waals surface area contributed by atoms with Crippen molar-refractivity contribution < 1.29 is 9.53 Å². The molecule has 0 unspecified atom stereocenters. The lowest BCUT2D eigenvalue weighted by Gasteiger charge is -2.37. The molecular formula is C13H14Br3NO2. The molecule has 1 aliphatic heterocycles. The SMILES string of the molecule is O=C(OC1(c2ccc(Br)cc2)CCNCC1)C(Br)Br. The summed E-state index contributed by atoms with van der Waals surface area (Å²) < 4.78 is 6.33. The first-order valence-electron chi connectivity index (χ1n) is 6.01. The molecule has 0 radical (unpaired) electrons. The Labute approximate surface area is 137 Å². The topological polar surface area (TPSA) is 38.3 Å². The van der Waals surface area contributed by atoms with Crippen LogP contribution >= 0.6 is 47.8 Å². The normalized spacial score (nSPS) is 18.3. The van der Waals surface area contributed by atoms with Crippen molar-refractivity contribution in [2.75, 3.05) is 13.1 Å². The van der Waals surface area contributed by atoms with Gasteiger partial charge in [-0.05, 0) is 30.8 Å². The van der Waals surface area contributed by atoms with Gasteiger partial charge in [-0.25, -0.2) is 4.79 Å². The van der Waals surface area contributed by atoms with Crippen molar-refractivity contribution in [3.63, 3.8) is 0 Å². The summed E-state index contributed by atoms with van der Waals surface area (Å²) in [5, 5.41) is 3.30. The number of nitrogens with one attached hydrogen (secondary N) is 1. The number of benzene rings is 1. The Morgan fingerprint density at radius 3 is 2.32 bits per heavy atom. The van der Waals surface area contributed by atoms with Crippen molar-refractivity contribution in [3.8, 4) is 0 Å². The summed E-state index contributed by atoms with van der Waals surface area (Å²) in [6, 6.07) is 7.99. The van der Waals surface area contributed by atoms with Crippen LogP contribution in [0.5, 0.6) is 0 Å². The van der Waals surface area contributed by atoms with Crippen LogP contribution in [0.1, 0.15) is 18.4 Å². The Hall–Kier alpha value is 0.0900. The van der Waals surface area contributed by atoms with Gasteiger partial charge in [-0.1, -0.05) is 59.9 Å². The molecule has 1 saturated heterocycles. The molecule has 1 heterocycles. The van der Waals surface area contributed by atoms with E-state index in [9.17, 15) is 4.79 Å². The molecule has 0 aromatic heterocycles. The number of hydrogen-bond acceptors (Lipinski definition) is 3. The second-order valence-corrected chi connectivity index (χ2v) is 8.45. The zero-order chi connectivity index (χ0) is 13.9. The Bertz CT molecular complexity index is 442. The van der Waals surface area contributed by atoms with E-state index in [0.29, 0.717) is 0 Å². The maximum absolute atomic E-state index is 11.9. The molecule has 0 saturated carbocycles. The second kappa shape index (κ2) is 6.70. The van der Waals surface area contributed by atoms with Gasteiger partial charge in [0.05, 0.1) is 0 Å². The van der Waals surface area contributed by atoms with Gasteiger partial charge in [-0.2, -0.15) is 0 Å². The average molecular weight is 456 g/mol. The van der Waals surface area contributed by atoms with E-state index in [1.54, 1.807) is 0 Å². The maximum atomic E-state index is 11.9. The zero-order valence-corrected chi connectivity index (χ0v) is 14.9. The molecule has 0 atom stereocenters. The van der Waals surface area contributed by atoms with Crippen LogP contribution in [0.3, 0.4) is 0 Å². The van der Waals surface area contributed by atoms with Gasteiger partial charge in [0.2, 0.25) is 0 Å². The Morgan fingerprint density at radius 2 is 1.79 bits per heavy atom. The van der Waals surface area contributed by atoms with Gasteiger partial charge in [-0.15, -0.1) is 0 Å². The highest BCUT2D eigenvalue weighted by Crippen LogP contribution is 2.36. The molecule has 1 N–H and O–H groups in total. The fourth-order valence-electron chi connectivity index (χ4n) is 2.27. The van der Waals surface area contributed by atoms with Gasteiger partial charge in [0.1, 0.15) is 5.60 Å². The van der Waals surface area contributed by atoms with Crippen LogP contribution in [0.15, 0.2) is 28.7 Å². The van der Waals surface area contributed by atoms with Crippen molar-refractivity contribution in [2.24, 2.45) is 0 Å². The highest BCUT2D eigenvalue weighted by Gasteiger charge is 2.38. The molecular weight excluding hydrogens is 442 g/mol. The number of rotatable bonds is 3. The van der Waals surface area contributed by atoms with E-state index < -0.39 is 9.34 Å². The first-order chi connectivity index (χ1) is 9.03. The fourth-order valence-corrected chi connectivity index (χ4v) is 2.72. The van der Waals surface area contributed by atoms with E-state index in [1.165, 1.54) is 0 Å². The summed E-state index contributed by atoms with van der Waals surface area (Å²) in [5.41, 5.74) is 0.522. The molecule has 2 rings (SSSR count). The van der Waals surface area contributed by atoms with Gasteiger partial charge in [0.15, 0.2) is 3.74 Å². The van der Waals surface area contributed by atoms with Crippen molar-refractivity contribution in [1.82, 2.24) is 5.32 Å². The van der Waals surface area contributed by atoms with Gasteiger partial charge in [0.25, 0.3) is 0 Å². The van der Waals surface area contributed by atoms with Gasteiger partial charge >= 0.3 is 5.97 Å². The quantitative estimate of drug-likeness (QED) is 0.558. The lowest BCUT2D eigenvalue weighted by Crippen LogP contribution is -2.43. The van der Waals surface area contributed by atoms with Crippen LogP contribution in [0, 0.1) is 0 Å². The van der Waals surface area contributed by atoms with E-state index in [2.05, 4.69) is 53.1 Å². The van der Waals surface area contributed by atoms with Crippen LogP contribution < -0.4 is 5.32 Å². The molecule has 1 aromatic carbocycles. The predicted molar refractivity (Wildman–Crippen MR) is 85.7 cm³/mol. The van der Waals surface area contributed by atoms with Gasteiger partial charge in [0, 0.05) is 17.3 Å². The largest absolute Gasteiger partial charge is 0.453 e. The molecule has 0 aliphatic carbocycles. The minimum Gasteiger partial charge on any atom is -0.453 e. The number of halogens is 3. The fraction of sp³-hybridized carbons (Fsp3) is 0.462. The summed E-state index contributed by atoms with van der Waals surface area (Å²) in [5.74, 6) is -0.287. The van der Waals surface area contributed by atoms with Gasteiger partial charge < -0.3 is 10.1 Å². The number of alkyl halides is 2. The predicted octanol–water partition coefficient (Wildman–Crippen LogP) is 3.69. The number of hydrogen-bond donors (Lipinski definition) is 1. The van der Waals surface area contributed by atoms with Gasteiger partial charge in [-0.3, -0.25) is 0 Å². The summed E-state index contributed by atoms with van der Waals surface area (Å²) in [4.78, 5) is 11.9. The maximum Gasteiger partial charge on any atom is 0.331 e. The lowest BCUT2D eigenvalue weighted by molar-refractivity contribution is -0.161. The molecule has 6 heteroatoms. The highest BCUT2D eigenvalue weighted by atomic mass is 79.9. The van der Waals surface area contributed by atoms with Crippen LogP contribution in [-0.2, 0) is 15.1 Å². The first-order valence-corrected chi connectivity index (χ1v) is 8.64. The number of ether oxygens (including phenoxy) is 1. The van der Waals surface area contributed by atoms with E-state index in [0.717, 1.165) is 36.0 Å². The van der Waals surface area contributed by atoms with Crippen LogP contribution in [-0.4, -0.2) is 22.8 Å². The van der Waals surface area contributed by atoms with Crippen LogP contribution in [0.25, 0.3) is 0 Å². The third-order valence-corrected chi connectivity index (χ3v) is 4.53. The number of esters is 1. The minimum atomic E-state index is -0.525. The molecule has 0 amide bonds. The Kier molecular flexibility index (Phi) is 5.45. The van der Waals surface area contributed by atoms with E-state index >= 15 is 0 Å². The number of carbonyl (C=O) groups excluding carboxylic acids is 1. The molecule has 1 aliphatic rings. The zero-order valence-electron chi connectivity index (χ0n) is 10.2. The van der Waals surface area contributed by atoms with Crippen LogP contribution in [0.2, 0.25) is 0 Å². The standard InChI is InChI=1S/C13H14Br3NO2/c14-10-3-1-9(2-4-10)13(5-7-17-8-6-13)19-12(18)11(15)16/h1-4,11,17H,5-8H2. The molecule has 1 aromatic rings. The van der Waals surface area contributed by atoms with Crippen molar-refractivity contribution in [3.05, 3.63) is 34.3 Å². The first kappa shape index (κ1) is 15.5. The van der Waals surface area contributed by atoms with Crippen molar-refractivity contribution >= 4 is 53.8 Å². The van der Waals surface area contributed by atoms with Crippen LogP contribution in [0.4, 0.5) is 0 Å². The van der Waals surface area contributed by atoms with E-state index in [4.69, 9.17) is 4.74 Å². The van der Waals surface area contributed by atoms with E-state index in [-0.39, 0.29) is 5.97 Å². The Morgan fingerprint density at radius 1 is 1.21 bits per heavy atom. The minimum absolute atomic E-state index is 0.287. The van der Waals surface area contributed by atoms with E-state index in [1.807, 2.05) is 24.3 Å². The number of carbonyl (C=O) groups is 1. The monoisotopic (exact) mass is 453 g/mol. The average Bonchev–Trinajstić information content (AvgIpc) is 2.40. The lowest BCUT2D eigenvalue weighted by atomic mass is 9.85. The Balaban J connectivity index is 2.28. The second-order valence-electron chi connectivity index (χ2n) is 4.47. The number of piperidine rings is 1. The van der Waals surface area contributed by atoms with Crippen molar-refractivity contribution in [2.45, 2.75) is 22.2 Å². The molecule has 0 bridgehead atoms.